The fourth-order valence-corrected chi connectivity index (χ4v) is 8.59. The zero-order valence-corrected chi connectivity index (χ0v) is 33.6. The summed E-state index contributed by atoms with van der Waals surface area (Å²) < 4.78 is 119. The number of hydrogen-bond acceptors (Lipinski definition) is 0. The van der Waals surface area contributed by atoms with Crippen molar-refractivity contribution in [1.82, 2.24) is 4.57 Å². The molecule has 0 N–H and O–H groups in total. The van der Waals surface area contributed by atoms with Gasteiger partial charge in [0.1, 0.15) is 46.5 Å². The molecule has 0 unspecified atom stereocenters. The van der Waals surface area contributed by atoms with Gasteiger partial charge >= 0.3 is 0 Å². The van der Waals surface area contributed by atoms with Crippen LogP contribution in [0.1, 0.15) is 5.56 Å². The normalized spacial score (nSPS) is 11.5. The van der Waals surface area contributed by atoms with Crippen molar-refractivity contribution in [3.63, 3.8) is 0 Å². The minimum Gasteiger partial charge on any atom is -0.309 e. The van der Waals surface area contributed by atoms with E-state index in [9.17, 15) is 35.1 Å². The molecular formula is C55H31F8N. The summed E-state index contributed by atoms with van der Waals surface area (Å²) in [5.41, 5.74) is 8.68. The fraction of sp³-hybridized carbons (Fsp3) is 0.0182. The van der Waals surface area contributed by atoms with Gasteiger partial charge in [-0.05, 0) is 195 Å². The van der Waals surface area contributed by atoms with Crippen molar-refractivity contribution in [2.75, 3.05) is 0 Å². The van der Waals surface area contributed by atoms with E-state index in [2.05, 4.69) is 4.57 Å². The van der Waals surface area contributed by atoms with Crippen LogP contribution in [-0.2, 0) is 0 Å². The molecule has 0 radical (unpaired) electrons. The first-order chi connectivity index (χ1) is 30.8. The van der Waals surface area contributed by atoms with Crippen LogP contribution in [0.25, 0.3) is 94.3 Å². The highest BCUT2D eigenvalue weighted by Gasteiger charge is 2.19. The summed E-state index contributed by atoms with van der Waals surface area (Å²) in [5.74, 6) is -6.30. The lowest BCUT2D eigenvalue weighted by Crippen LogP contribution is -1.96. The topological polar surface area (TPSA) is 4.93 Å². The van der Waals surface area contributed by atoms with Crippen LogP contribution in [-0.4, -0.2) is 4.57 Å². The molecule has 10 aromatic rings. The summed E-state index contributed by atoms with van der Waals surface area (Å²) in [5, 5.41) is 1.60. The molecule has 0 saturated carbocycles. The Morgan fingerprint density at radius 1 is 0.266 bits per heavy atom. The van der Waals surface area contributed by atoms with Crippen LogP contribution in [0.5, 0.6) is 0 Å². The summed E-state index contributed by atoms with van der Waals surface area (Å²) in [6.45, 7) is 2.00. The molecule has 0 amide bonds. The monoisotopic (exact) mass is 857 g/mol. The average Bonchev–Trinajstić information content (AvgIpc) is 3.57. The summed E-state index contributed by atoms with van der Waals surface area (Å²) in [6, 6.07) is 42.5. The first-order valence-corrected chi connectivity index (χ1v) is 20.1. The minimum absolute atomic E-state index is 0.225. The Balaban J connectivity index is 1.22. The van der Waals surface area contributed by atoms with Crippen LogP contribution in [0.3, 0.4) is 0 Å². The molecule has 0 atom stereocenters. The summed E-state index contributed by atoms with van der Waals surface area (Å²) in [7, 11) is 0. The van der Waals surface area contributed by atoms with Gasteiger partial charge in [-0.1, -0.05) is 30.3 Å². The summed E-state index contributed by atoms with van der Waals surface area (Å²) in [6.07, 6.45) is 0. The quantitative estimate of drug-likeness (QED) is 0.141. The number of nitrogens with zero attached hydrogens (tertiary/aromatic N) is 1. The second-order valence-electron chi connectivity index (χ2n) is 15.8. The van der Waals surface area contributed by atoms with Crippen LogP contribution in [0.15, 0.2) is 170 Å². The number of aromatic nitrogens is 1. The van der Waals surface area contributed by atoms with Gasteiger partial charge in [-0.3, -0.25) is 0 Å². The van der Waals surface area contributed by atoms with Crippen LogP contribution in [0.4, 0.5) is 35.1 Å². The molecule has 0 saturated heterocycles. The van der Waals surface area contributed by atoms with Gasteiger partial charge < -0.3 is 4.57 Å². The zero-order valence-electron chi connectivity index (χ0n) is 33.6. The van der Waals surface area contributed by atoms with Gasteiger partial charge in [-0.15, -0.1) is 0 Å². The molecule has 1 heterocycles. The van der Waals surface area contributed by atoms with Crippen molar-refractivity contribution in [3.05, 3.63) is 222 Å². The highest BCUT2D eigenvalue weighted by molar-refractivity contribution is 6.12. The highest BCUT2D eigenvalue weighted by Crippen LogP contribution is 2.41. The highest BCUT2D eigenvalue weighted by atomic mass is 19.2. The molecule has 0 bridgehead atoms. The third kappa shape index (κ3) is 7.70. The van der Waals surface area contributed by atoms with E-state index in [1.54, 1.807) is 36.4 Å². The summed E-state index contributed by atoms with van der Waals surface area (Å²) in [4.78, 5) is 0. The van der Waals surface area contributed by atoms with Gasteiger partial charge in [0.15, 0.2) is 0 Å². The van der Waals surface area contributed by atoms with E-state index in [0.717, 1.165) is 57.3 Å². The van der Waals surface area contributed by atoms with E-state index in [4.69, 9.17) is 0 Å². The number of fused-ring (bicyclic) bond motifs is 3. The number of para-hydroxylation sites is 1. The third-order valence-corrected chi connectivity index (χ3v) is 11.4. The maximum absolute atomic E-state index is 14.6. The third-order valence-electron chi connectivity index (χ3n) is 11.4. The molecule has 0 spiro atoms. The molecule has 312 valence electrons. The predicted octanol–water partition coefficient (Wildman–Crippen LogP) is 16.2. The van der Waals surface area contributed by atoms with Crippen LogP contribution >= 0.6 is 0 Å². The molecule has 0 aliphatic heterocycles. The van der Waals surface area contributed by atoms with Crippen LogP contribution in [0.2, 0.25) is 0 Å². The minimum atomic E-state index is -0.788. The lowest BCUT2D eigenvalue weighted by atomic mass is 9.92. The summed E-state index contributed by atoms with van der Waals surface area (Å²) >= 11 is 0. The molecule has 64 heavy (non-hydrogen) atoms. The largest absolute Gasteiger partial charge is 0.309 e. The maximum Gasteiger partial charge on any atom is 0.126 e. The van der Waals surface area contributed by atoms with Crippen LogP contribution in [0, 0.1) is 53.5 Å². The second kappa shape index (κ2) is 15.8. The average molecular weight is 858 g/mol. The van der Waals surface area contributed by atoms with Crippen molar-refractivity contribution in [2.24, 2.45) is 0 Å². The van der Waals surface area contributed by atoms with Gasteiger partial charge in [0.25, 0.3) is 0 Å². The van der Waals surface area contributed by atoms with Crippen molar-refractivity contribution in [2.45, 2.75) is 6.92 Å². The first kappa shape index (κ1) is 40.3. The number of rotatable bonds is 7. The molecule has 0 aliphatic rings. The van der Waals surface area contributed by atoms with Crippen molar-refractivity contribution < 1.29 is 35.1 Å². The van der Waals surface area contributed by atoms with Gasteiger partial charge in [-0.25, -0.2) is 35.1 Å². The van der Waals surface area contributed by atoms with Gasteiger partial charge in [0.2, 0.25) is 0 Å². The molecule has 9 aromatic carbocycles. The van der Waals surface area contributed by atoms with Gasteiger partial charge in [0, 0.05) is 40.7 Å². The number of aryl methyl sites for hydroxylation is 1. The fourth-order valence-electron chi connectivity index (χ4n) is 8.59. The lowest BCUT2D eigenvalue weighted by Gasteiger charge is -2.13. The van der Waals surface area contributed by atoms with E-state index in [1.807, 2.05) is 67.6 Å². The smallest absolute Gasteiger partial charge is 0.126 e. The Kier molecular flexibility index (Phi) is 9.98. The number of hydrogen-bond donors (Lipinski definition) is 0. The van der Waals surface area contributed by atoms with Gasteiger partial charge in [0.05, 0.1) is 11.0 Å². The molecule has 0 fully saturated rings. The van der Waals surface area contributed by atoms with Crippen molar-refractivity contribution >= 4 is 21.8 Å². The predicted molar refractivity (Wildman–Crippen MR) is 238 cm³/mol. The Morgan fingerprint density at radius 2 is 0.531 bits per heavy atom. The van der Waals surface area contributed by atoms with Crippen LogP contribution < -0.4 is 0 Å². The molecular weight excluding hydrogens is 827 g/mol. The lowest BCUT2D eigenvalue weighted by molar-refractivity contribution is 0.583. The van der Waals surface area contributed by atoms with E-state index >= 15 is 0 Å². The zero-order chi connectivity index (χ0) is 44.4. The van der Waals surface area contributed by atoms with E-state index < -0.39 is 46.5 Å². The Labute approximate surface area is 361 Å². The van der Waals surface area contributed by atoms with E-state index in [-0.39, 0.29) is 22.3 Å². The molecule has 1 nitrogen and oxygen atoms in total. The van der Waals surface area contributed by atoms with Crippen molar-refractivity contribution in [3.8, 4) is 72.4 Å². The molecule has 10 rings (SSSR count). The number of benzene rings is 9. The van der Waals surface area contributed by atoms with E-state index in [0.29, 0.717) is 44.5 Å². The maximum atomic E-state index is 14.6. The second-order valence-corrected chi connectivity index (χ2v) is 15.8. The number of halogens is 8. The molecule has 9 heteroatoms. The van der Waals surface area contributed by atoms with Gasteiger partial charge in [-0.2, -0.15) is 0 Å². The first-order valence-electron chi connectivity index (χ1n) is 20.1. The Morgan fingerprint density at radius 3 is 0.828 bits per heavy atom. The SMILES string of the molecule is Cc1ccccc1-n1c2ccc(-c3cc(-c4cc(F)cc(F)c4)cc(-c4cc(F)cc(F)c4)c3)cc2c2cc(-c3cc(-c4cc(F)cc(F)c4)cc(-c4cc(F)cc(F)c4)c3)ccc21. The van der Waals surface area contributed by atoms with Crippen molar-refractivity contribution in [1.29, 1.82) is 0 Å². The van der Waals surface area contributed by atoms with E-state index in [1.165, 1.54) is 48.5 Å². The Bertz CT molecular complexity index is 3090. The molecule has 1 aromatic heterocycles. The Hall–Kier alpha value is -7.78. The molecule has 0 aliphatic carbocycles. The standard InChI is InChI=1S/C55H31F8N/c1-30-4-2-3-5-53(30)64-54-8-6-31(33-10-35(39-16-43(56)26-44(57)17-39)14-36(11-33)40-18-45(58)27-46(59)19-40)24-51(54)52-25-32(7-9-55(52)64)34-12-37(41-20-47(60)28-48(61)21-41)15-38(13-34)42-22-49(62)29-50(63)23-42/h2-29H,1H3.